The van der Waals surface area contributed by atoms with E-state index in [1.807, 2.05) is 0 Å². The van der Waals surface area contributed by atoms with E-state index in [0.29, 0.717) is 31.6 Å². The molecule has 3 aliphatic rings. The van der Waals surface area contributed by atoms with E-state index in [9.17, 15) is 48.5 Å². The second-order valence-electron chi connectivity index (χ2n) is 16.5. The van der Waals surface area contributed by atoms with Crippen LogP contribution in [-0.2, 0) is 44.8 Å². The summed E-state index contributed by atoms with van der Waals surface area (Å²) >= 11 is 0. The molecule has 3 heterocycles. The largest absolute Gasteiger partial charge is 0.508 e. The quantitative estimate of drug-likeness (QED) is 0.120. The number of phenolic OH excluding ortho intramolecular Hbond substituents is 1. The number of esters is 1. The van der Waals surface area contributed by atoms with E-state index in [4.69, 9.17) is 9.57 Å². The minimum Gasteiger partial charge on any atom is -0.508 e. The fraction of sp³-hybridized carbons (Fsp3) is 0.556. The molecular formula is C45H62FN5O11. The molecule has 1 aromatic carbocycles. The predicted molar refractivity (Wildman–Crippen MR) is 225 cm³/mol. The third-order valence-corrected chi connectivity index (χ3v) is 11.1. The van der Waals surface area contributed by atoms with Crippen LogP contribution in [0.15, 0.2) is 66.3 Å². The molecule has 2 bridgehead atoms. The number of halogens is 1. The van der Waals surface area contributed by atoms with Crippen LogP contribution in [0.4, 0.5) is 4.39 Å². The van der Waals surface area contributed by atoms with Gasteiger partial charge in [-0.1, -0.05) is 57.2 Å². The summed E-state index contributed by atoms with van der Waals surface area (Å²) < 4.78 is 20.5. The van der Waals surface area contributed by atoms with E-state index >= 15 is 0 Å². The molecule has 16 nitrogen and oxygen atoms in total. The second kappa shape index (κ2) is 23.8. The third-order valence-electron chi connectivity index (χ3n) is 11.1. The van der Waals surface area contributed by atoms with Crippen LogP contribution >= 0.6 is 0 Å². The number of carbonyl (C=O) groups excluding carboxylic acids is 6. The van der Waals surface area contributed by atoms with Crippen LogP contribution in [0.5, 0.6) is 5.75 Å². The van der Waals surface area contributed by atoms with Crippen molar-refractivity contribution < 1.29 is 58.1 Å². The molecule has 340 valence electrons. The van der Waals surface area contributed by atoms with Crippen molar-refractivity contribution in [1.82, 2.24) is 26.1 Å². The van der Waals surface area contributed by atoms with Crippen molar-refractivity contribution in [1.29, 1.82) is 0 Å². The maximum Gasteiger partial charge on any atom is 0.325 e. The number of hydrazine groups is 1. The number of ether oxygens (including phenoxy) is 1. The van der Waals surface area contributed by atoms with Gasteiger partial charge in [0.05, 0.1) is 24.7 Å². The number of hydrogen-bond donors (Lipinski definition) is 6. The molecule has 0 radical (unpaired) electrons. The number of nitrogens with one attached hydrogen (secondary N) is 3. The number of amides is 4. The van der Waals surface area contributed by atoms with Gasteiger partial charge in [0.1, 0.15) is 41.6 Å². The summed E-state index contributed by atoms with van der Waals surface area (Å²) in [6.45, 7) is 9.00. The predicted octanol–water partition coefficient (Wildman–Crippen LogP) is 3.02. The molecule has 2 saturated heterocycles. The van der Waals surface area contributed by atoms with Crippen LogP contribution in [0.3, 0.4) is 0 Å². The summed E-state index contributed by atoms with van der Waals surface area (Å²) in [6, 6.07) is -0.401. The summed E-state index contributed by atoms with van der Waals surface area (Å²) in [7, 11) is 0. The summed E-state index contributed by atoms with van der Waals surface area (Å²) in [5.41, 5.74) is 3.69. The summed E-state index contributed by atoms with van der Waals surface area (Å²) in [4.78, 5) is 86.3. The van der Waals surface area contributed by atoms with Crippen molar-refractivity contribution in [2.45, 2.75) is 122 Å². The Morgan fingerprint density at radius 3 is 2.44 bits per heavy atom. The minimum atomic E-state index is -1.46. The van der Waals surface area contributed by atoms with Gasteiger partial charge >= 0.3 is 5.97 Å². The number of ketones is 1. The highest BCUT2D eigenvalue weighted by molar-refractivity contribution is 5.93. The van der Waals surface area contributed by atoms with Gasteiger partial charge in [-0.2, -0.15) is 0 Å². The van der Waals surface area contributed by atoms with Gasteiger partial charge in [-0.15, -0.1) is 0 Å². The zero-order valence-corrected chi connectivity index (χ0v) is 36.1. The highest BCUT2D eigenvalue weighted by Crippen LogP contribution is 2.24. The number of aliphatic hydroxyl groups is 2. The Morgan fingerprint density at radius 2 is 1.76 bits per heavy atom. The average molecular weight is 868 g/mol. The Balaban J connectivity index is 1.71. The number of benzene rings is 1. The molecule has 6 N–H and O–H groups in total. The first kappa shape index (κ1) is 49.4. The number of cyclic esters (lactones) is 1. The van der Waals surface area contributed by atoms with E-state index in [1.165, 1.54) is 41.3 Å². The van der Waals surface area contributed by atoms with E-state index < -0.39 is 89.4 Å². The maximum atomic E-state index is 14.4. The molecule has 4 amide bonds. The zero-order chi connectivity index (χ0) is 45.5. The number of rotatable bonds is 9. The molecule has 0 spiro atoms. The number of carbonyl (C=O) groups is 6. The lowest BCUT2D eigenvalue weighted by Gasteiger charge is -2.36. The van der Waals surface area contributed by atoms with Gasteiger partial charge in [0.2, 0.25) is 11.8 Å². The van der Waals surface area contributed by atoms with E-state index in [-0.39, 0.29) is 49.5 Å². The van der Waals surface area contributed by atoms with Gasteiger partial charge < -0.3 is 35.5 Å². The summed E-state index contributed by atoms with van der Waals surface area (Å²) in [6.07, 6.45) is 9.38. The van der Waals surface area contributed by atoms with E-state index in [0.717, 1.165) is 25.0 Å². The Kier molecular flexibility index (Phi) is 19.0. The molecule has 8 atom stereocenters. The van der Waals surface area contributed by atoms with Gasteiger partial charge in [-0.3, -0.25) is 33.8 Å². The molecule has 1 aromatic rings. The number of hydrogen-bond acceptors (Lipinski definition) is 12. The van der Waals surface area contributed by atoms with Gasteiger partial charge in [0, 0.05) is 50.4 Å². The molecule has 2 unspecified atom stereocenters. The molecule has 62 heavy (non-hydrogen) atoms. The van der Waals surface area contributed by atoms with Crippen molar-refractivity contribution >= 4 is 35.4 Å². The topological polar surface area (TPSA) is 224 Å². The lowest BCUT2D eigenvalue weighted by atomic mass is 9.84. The monoisotopic (exact) mass is 867 g/mol. The van der Waals surface area contributed by atoms with Gasteiger partial charge in [0.15, 0.2) is 0 Å². The van der Waals surface area contributed by atoms with Crippen LogP contribution in [0.25, 0.3) is 0 Å². The SMILES string of the molecule is CC(=O)CC[C@H]1C(=O)N[C@@H](C(C)C)C(=O)NC(Cc2cc(O)cc(F)c2)C(=O)N2CCCC(N2)C(=O)O[C@H](/C(C)=C/C=C/C(=O)N2CCCCO2)C/C=C/C=C/[C@H](O)[C@H](C)[C@H]1O. The highest BCUT2D eigenvalue weighted by Gasteiger charge is 2.39. The van der Waals surface area contributed by atoms with Crippen molar-refractivity contribution in [3.05, 3.63) is 77.7 Å². The number of fused-ring (bicyclic) bond motifs is 2. The first-order valence-electron chi connectivity index (χ1n) is 21.3. The number of hydroxylamine groups is 2. The van der Waals surface area contributed by atoms with Crippen LogP contribution < -0.4 is 16.1 Å². The van der Waals surface area contributed by atoms with Gasteiger partial charge in [0.25, 0.3) is 11.8 Å². The fourth-order valence-electron chi connectivity index (χ4n) is 7.36. The Bertz CT molecular complexity index is 1860. The van der Waals surface area contributed by atoms with E-state index in [1.54, 1.807) is 52.0 Å². The lowest BCUT2D eigenvalue weighted by molar-refractivity contribution is -0.191. The van der Waals surface area contributed by atoms with Crippen LogP contribution in [0.2, 0.25) is 0 Å². The van der Waals surface area contributed by atoms with Crippen LogP contribution in [0, 0.1) is 23.6 Å². The van der Waals surface area contributed by atoms with Crippen molar-refractivity contribution in [3.8, 4) is 5.75 Å². The van der Waals surface area contributed by atoms with Crippen LogP contribution in [0.1, 0.15) is 85.1 Å². The highest BCUT2D eigenvalue weighted by atomic mass is 19.1. The second-order valence-corrected chi connectivity index (χ2v) is 16.5. The zero-order valence-electron chi connectivity index (χ0n) is 36.1. The lowest BCUT2D eigenvalue weighted by Crippen LogP contribution is -2.62. The Hall–Kier alpha value is -5.23. The summed E-state index contributed by atoms with van der Waals surface area (Å²) in [5.74, 6) is -7.33. The Morgan fingerprint density at radius 1 is 1.00 bits per heavy atom. The number of nitrogens with zero attached hydrogens (tertiary/aromatic N) is 2. The summed E-state index contributed by atoms with van der Waals surface area (Å²) in [5, 5.41) is 40.6. The molecule has 3 aliphatic heterocycles. The van der Waals surface area contributed by atoms with Gasteiger partial charge in [-0.25, -0.2) is 14.9 Å². The molecule has 17 heteroatoms. The number of phenols is 1. The standard InChI is InChI=1S/C45H62FN5O11/c1-27(2)40-43(58)47-36(25-31-23-32(46)26-33(53)24-31)44(59)50-20-12-14-35(49-50)45(60)62-38(28(3)13-11-17-39(55)51-21-9-10-22-61-51)16-8-6-7-15-37(54)30(5)41(56)34(42(57)48-40)19-18-29(4)52/h6-8,11,13,15,17,23-24,26-27,30,34-38,40-41,49,53-54,56H,9-10,12,14,16,18-22,25H2,1-5H3,(H,47,58)(H,48,57)/b8-6+,15-7+,17-11+,28-13+/t30-,34+,35?,36?,37-,38-,40-,41+/m0/s1. The first-order valence-corrected chi connectivity index (χ1v) is 21.3. The average Bonchev–Trinajstić information content (AvgIpc) is 3.23. The Labute approximate surface area is 362 Å². The fourth-order valence-corrected chi connectivity index (χ4v) is 7.36. The molecular weight excluding hydrogens is 806 g/mol. The normalized spacial score (nSPS) is 29.0. The maximum absolute atomic E-state index is 14.4. The van der Waals surface area contributed by atoms with Crippen LogP contribution in [-0.4, -0.2) is 117 Å². The van der Waals surface area contributed by atoms with Crippen molar-refractivity contribution in [2.75, 3.05) is 19.7 Å². The van der Waals surface area contributed by atoms with Crippen molar-refractivity contribution in [3.63, 3.8) is 0 Å². The minimum absolute atomic E-state index is 0.0610. The molecule has 4 rings (SSSR count). The number of allylic oxidation sites excluding steroid dienone is 4. The smallest absolute Gasteiger partial charge is 0.325 e. The molecule has 0 saturated carbocycles. The molecule has 0 aromatic heterocycles. The molecule has 0 aliphatic carbocycles. The number of aromatic hydroxyl groups is 1. The number of Topliss-reactive ketones (excluding diaryl/α,β-unsaturated/α-hetero) is 1. The van der Waals surface area contributed by atoms with E-state index in [2.05, 4.69) is 16.1 Å². The van der Waals surface area contributed by atoms with Crippen molar-refractivity contribution in [2.24, 2.45) is 17.8 Å². The van der Waals surface area contributed by atoms with Gasteiger partial charge in [-0.05, 0) is 75.1 Å². The first-order chi connectivity index (χ1) is 29.4. The number of aliphatic hydroxyl groups excluding tert-OH is 2. The molecule has 2 fully saturated rings. The third kappa shape index (κ3) is 14.7.